The Hall–Kier alpha value is -0.0800. The van der Waals surface area contributed by atoms with Gasteiger partial charge in [-0.25, -0.2) is 0 Å². The first-order valence-corrected chi connectivity index (χ1v) is 9.48. The van der Waals surface area contributed by atoms with E-state index >= 15 is 0 Å². The molecule has 0 spiro atoms. The van der Waals surface area contributed by atoms with Crippen molar-refractivity contribution in [3.63, 3.8) is 0 Å². The van der Waals surface area contributed by atoms with E-state index in [1.54, 1.807) is 0 Å². The fourth-order valence-corrected chi connectivity index (χ4v) is 3.11. The van der Waals surface area contributed by atoms with E-state index in [4.69, 9.17) is 4.74 Å². The van der Waals surface area contributed by atoms with Crippen LogP contribution >= 0.6 is 0 Å². The van der Waals surface area contributed by atoms with Gasteiger partial charge in [0.25, 0.3) is 0 Å². The molecule has 1 N–H and O–H groups in total. The van der Waals surface area contributed by atoms with E-state index in [0.717, 1.165) is 25.2 Å². The minimum Gasteiger partial charge on any atom is -0.390 e. The van der Waals surface area contributed by atoms with Crippen LogP contribution < -0.4 is 0 Å². The van der Waals surface area contributed by atoms with Crippen LogP contribution in [0.5, 0.6) is 0 Å². The fraction of sp³-hybridized carbons (Fsp3) is 1.00. The lowest BCUT2D eigenvalue weighted by molar-refractivity contribution is 0.122. The number of hydrogen-bond donors (Lipinski definition) is 1. The van der Waals surface area contributed by atoms with E-state index < -0.39 is 0 Å². The molecule has 1 aliphatic rings. The smallest absolute Gasteiger partial charge is 0.110 e. The summed E-state index contributed by atoms with van der Waals surface area (Å²) in [6.07, 6.45) is 15.6. The predicted octanol–water partition coefficient (Wildman–Crippen LogP) is 5.47. The Bertz CT molecular complexity index is 240. The molecule has 2 heteroatoms. The first kappa shape index (κ1) is 19.0. The van der Waals surface area contributed by atoms with Crippen LogP contribution in [0.2, 0.25) is 0 Å². The van der Waals surface area contributed by atoms with E-state index in [1.807, 2.05) is 0 Å². The van der Waals surface area contributed by atoms with E-state index in [-0.39, 0.29) is 12.2 Å². The summed E-state index contributed by atoms with van der Waals surface area (Å²) in [4.78, 5) is 0. The molecule has 1 aliphatic heterocycles. The zero-order valence-corrected chi connectivity index (χ0v) is 14.7. The molecule has 0 aliphatic carbocycles. The number of epoxide rings is 1. The Kier molecular flexibility index (Phi) is 10.4. The lowest BCUT2D eigenvalue weighted by Gasteiger charge is -2.08. The molecule has 0 aromatic rings. The quantitative estimate of drug-likeness (QED) is 0.340. The molecular weight excluding hydrogens is 260 g/mol. The highest BCUT2D eigenvalue weighted by molar-refractivity contribution is 4.90. The van der Waals surface area contributed by atoms with Crippen LogP contribution in [0.25, 0.3) is 0 Å². The van der Waals surface area contributed by atoms with E-state index in [9.17, 15) is 5.11 Å². The molecule has 1 rings (SSSR count). The van der Waals surface area contributed by atoms with Gasteiger partial charge in [-0.3, -0.25) is 0 Å². The second-order valence-corrected chi connectivity index (χ2v) is 7.29. The van der Waals surface area contributed by atoms with E-state index in [0.29, 0.717) is 6.10 Å². The summed E-state index contributed by atoms with van der Waals surface area (Å²) in [5.41, 5.74) is 0. The minimum absolute atomic E-state index is 0.154. The predicted molar refractivity (Wildman–Crippen MR) is 90.6 cm³/mol. The molecule has 1 heterocycles. The monoisotopic (exact) mass is 298 g/mol. The van der Waals surface area contributed by atoms with Gasteiger partial charge in [0.05, 0.1) is 12.2 Å². The van der Waals surface area contributed by atoms with Crippen LogP contribution in [0.1, 0.15) is 97.8 Å². The summed E-state index contributed by atoms with van der Waals surface area (Å²) in [7, 11) is 0. The number of aliphatic hydroxyl groups is 1. The minimum atomic E-state index is -0.220. The zero-order valence-electron chi connectivity index (χ0n) is 14.7. The van der Waals surface area contributed by atoms with E-state index in [2.05, 4.69) is 20.8 Å². The molecule has 0 aromatic heterocycles. The van der Waals surface area contributed by atoms with Crippen LogP contribution in [-0.4, -0.2) is 23.4 Å². The largest absolute Gasteiger partial charge is 0.390 e. The summed E-state index contributed by atoms with van der Waals surface area (Å²) in [5.74, 6) is 0.741. The molecule has 0 saturated carbocycles. The van der Waals surface area contributed by atoms with Crippen LogP contribution in [-0.2, 0) is 4.74 Å². The standard InChI is InChI=1S/C19H38O2/c1-4-5-6-7-8-9-10-11-15-18-19(21-18)17(20)14-12-13-16(2)3/h16-20H,4-15H2,1-3H3/t17-,18+,19-/m1/s1. The Morgan fingerprint density at radius 1 is 0.857 bits per heavy atom. The molecule has 0 bridgehead atoms. The third-order valence-corrected chi connectivity index (χ3v) is 4.62. The molecule has 0 unspecified atom stereocenters. The number of ether oxygens (including phenoxy) is 1. The molecule has 2 nitrogen and oxygen atoms in total. The lowest BCUT2D eigenvalue weighted by atomic mass is 10.0. The maximum absolute atomic E-state index is 10.1. The summed E-state index contributed by atoms with van der Waals surface area (Å²) in [6.45, 7) is 6.75. The maximum Gasteiger partial charge on any atom is 0.110 e. The Balaban J connectivity index is 1.87. The van der Waals surface area contributed by atoms with E-state index in [1.165, 1.54) is 57.8 Å². The van der Waals surface area contributed by atoms with Crippen molar-refractivity contribution >= 4 is 0 Å². The average molecular weight is 299 g/mol. The molecular formula is C19H38O2. The van der Waals surface area contributed by atoms with Crippen molar-refractivity contribution in [2.75, 3.05) is 0 Å². The molecule has 0 radical (unpaired) electrons. The Morgan fingerprint density at radius 2 is 1.48 bits per heavy atom. The molecule has 0 amide bonds. The normalized spacial score (nSPS) is 22.7. The summed E-state index contributed by atoms with van der Waals surface area (Å²) < 4.78 is 5.65. The summed E-state index contributed by atoms with van der Waals surface area (Å²) in [6, 6.07) is 0. The molecule has 3 atom stereocenters. The molecule has 21 heavy (non-hydrogen) atoms. The van der Waals surface area contributed by atoms with Gasteiger partial charge in [0.15, 0.2) is 0 Å². The summed E-state index contributed by atoms with van der Waals surface area (Å²) in [5, 5.41) is 10.1. The number of unbranched alkanes of at least 4 members (excludes halogenated alkanes) is 7. The van der Waals surface area contributed by atoms with Gasteiger partial charge >= 0.3 is 0 Å². The second kappa shape index (κ2) is 11.5. The maximum atomic E-state index is 10.1. The third kappa shape index (κ3) is 9.52. The van der Waals surface area contributed by atoms with Crippen LogP contribution in [0, 0.1) is 5.92 Å². The van der Waals surface area contributed by atoms with Crippen molar-refractivity contribution in [3.8, 4) is 0 Å². The van der Waals surface area contributed by atoms with Gasteiger partial charge < -0.3 is 9.84 Å². The van der Waals surface area contributed by atoms with Gasteiger partial charge in [-0.1, -0.05) is 85.0 Å². The van der Waals surface area contributed by atoms with Gasteiger partial charge in [0, 0.05) is 0 Å². The topological polar surface area (TPSA) is 32.8 Å². The lowest BCUT2D eigenvalue weighted by Crippen LogP contribution is -2.17. The average Bonchev–Trinajstić information content (AvgIpc) is 3.21. The third-order valence-electron chi connectivity index (χ3n) is 4.62. The van der Waals surface area contributed by atoms with Crippen LogP contribution in [0.4, 0.5) is 0 Å². The number of aliphatic hydroxyl groups excluding tert-OH is 1. The first-order chi connectivity index (χ1) is 10.1. The highest BCUT2D eigenvalue weighted by atomic mass is 16.6. The Labute approximate surface area is 132 Å². The summed E-state index contributed by atoms with van der Waals surface area (Å²) >= 11 is 0. The zero-order chi connectivity index (χ0) is 15.5. The highest BCUT2D eigenvalue weighted by Crippen LogP contribution is 2.32. The molecule has 126 valence electrons. The van der Waals surface area contributed by atoms with Crippen LogP contribution in [0.15, 0.2) is 0 Å². The molecule has 1 fully saturated rings. The SMILES string of the molecule is CCCCCCCCCC[C@@H]1O[C@@H]1[C@H](O)CCCC(C)C. The number of hydrogen-bond acceptors (Lipinski definition) is 2. The second-order valence-electron chi connectivity index (χ2n) is 7.29. The van der Waals surface area contributed by atoms with Crippen molar-refractivity contribution in [2.45, 2.75) is 116 Å². The first-order valence-electron chi connectivity index (χ1n) is 9.48. The highest BCUT2D eigenvalue weighted by Gasteiger charge is 2.42. The van der Waals surface area contributed by atoms with Gasteiger partial charge in [-0.05, 0) is 18.8 Å². The molecule has 1 saturated heterocycles. The van der Waals surface area contributed by atoms with Crippen molar-refractivity contribution in [1.29, 1.82) is 0 Å². The number of rotatable bonds is 14. The van der Waals surface area contributed by atoms with Crippen LogP contribution in [0.3, 0.4) is 0 Å². The Morgan fingerprint density at radius 3 is 2.10 bits per heavy atom. The van der Waals surface area contributed by atoms with Crippen molar-refractivity contribution in [2.24, 2.45) is 5.92 Å². The van der Waals surface area contributed by atoms with Crippen molar-refractivity contribution in [3.05, 3.63) is 0 Å². The van der Waals surface area contributed by atoms with Gasteiger partial charge in [0.1, 0.15) is 6.10 Å². The van der Waals surface area contributed by atoms with Gasteiger partial charge in [-0.15, -0.1) is 0 Å². The fourth-order valence-electron chi connectivity index (χ4n) is 3.11. The van der Waals surface area contributed by atoms with Crippen molar-refractivity contribution < 1.29 is 9.84 Å². The van der Waals surface area contributed by atoms with Gasteiger partial charge in [0.2, 0.25) is 0 Å². The molecule has 0 aromatic carbocycles. The van der Waals surface area contributed by atoms with Gasteiger partial charge in [-0.2, -0.15) is 0 Å². The van der Waals surface area contributed by atoms with Crippen molar-refractivity contribution in [1.82, 2.24) is 0 Å².